The Kier molecular flexibility index (Phi) is 5.47. The minimum absolute atomic E-state index is 0.128. The molecule has 0 saturated carbocycles. The highest BCUT2D eigenvalue weighted by molar-refractivity contribution is 5.79. The summed E-state index contributed by atoms with van der Waals surface area (Å²) in [6, 6.07) is 6.27. The van der Waals surface area contributed by atoms with Gasteiger partial charge in [0.2, 0.25) is 5.91 Å². The first kappa shape index (κ1) is 15.1. The molecule has 2 atom stereocenters. The van der Waals surface area contributed by atoms with Gasteiger partial charge in [0.05, 0.1) is 13.0 Å². The number of aliphatic hydroxyl groups excluding tert-OH is 2. The predicted octanol–water partition coefficient (Wildman–Crippen LogP) is -0.328. The molecule has 0 aromatic heterocycles. The van der Waals surface area contributed by atoms with Crippen LogP contribution in [0.4, 0.5) is 0 Å². The van der Waals surface area contributed by atoms with Gasteiger partial charge in [-0.25, -0.2) is 0 Å². The average molecular weight is 267 g/mol. The molecular weight excluding hydrogens is 250 g/mol. The SMILES string of the molecule is CCOC(=O)Cc1ccc(C(O)C(O)C(N)=O)cc1. The molecule has 0 aliphatic rings. The summed E-state index contributed by atoms with van der Waals surface area (Å²) in [4.78, 5) is 22.0. The van der Waals surface area contributed by atoms with Gasteiger partial charge in [-0.15, -0.1) is 0 Å². The summed E-state index contributed by atoms with van der Waals surface area (Å²) in [5.41, 5.74) is 5.95. The fourth-order valence-corrected chi connectivity index (χ4v) is 1.55. The molecule has 0 spiro atoms. The predicted molar refractivity (Wildman–Crippen MR) is 66.9 cm³/mol. The average Bonchev–Trinajstić information content (AvgIpc) is 2.38. The summed E-state index contributed by atoms with van der Waals surface area (Å²) in [5, 5.41) is 19.0. The third-order valence-electron chi connectivity index (χ3n) is 2.57. The zero-order valence-corrected chi connectivity index (χ0v) is 10.6. The second kappa shape index (κ2) is 6.86. The number of primary amides is 1. The van der Waals surface area contributed by atoms with Gasteiger partial charge in [0.15, 0.2) is 6.10 Å². The van der Waals surface area contributed by atoms with E-state index in [4.69, 9.17) is 10.5 Å². The maximum Gasteiger partial charge on any atom is 0.310 e. The molecule has 19 heavy (non-hydrogen) atoms. The van der Waals surface area contributed by atoms with E-state index in [-0.39, 0.29) is 12.4 Å². The minimum Gasteiger partial charge on any atom is -0.466 e. The zero-order valence-electron chi connectivity index (χ0n) is 10.6. The van der Waals surface area contributed by atoms with Crippen LogP contribution in [0.3, 0.4) is 0 Å². The second-order valence-corrected chi connectivity index (χ2v) is 4.02. The highest BCUT2D eigenvalue weighted by Crippen LogP contribution is 2.17. The van der Waals surface area contributed by atoms with Crippen molar-refractivity contribution in [2.75, 3.05) is 6.61 Å². The van der Waals surface area contributed by atoms with Crippen LogP contribution in [0.1, 0.15) is 24.2 Å². The first-order valence-electron chi connectivity index (χ1n) is 5.85. The summed E-state index contributed by atoms with van der Waals surface area (Å²) >= 11 is 0. The molecule has 6 heteroatoms. The van der Waals surface area contributed by atoms with Crippen LogP contribution in [0, 0.1) is 0 Å². The van der Waals surface area contributed by atoms with E-state index in [1.165, 1.54) is 12.1 Å². The summed E-state index contributed by atoms with van der Waals surface area (Å²) in [6.07, 6.45) is -2.91. The molecule has 6 nitrogen and oxygen atoms in total. The lowest BCUT2D eigenvalue weighted by Gasteiger charge is -2.15. The van der Waals surface area contributed by atoms with Gasteiger partial charge in [-0.1, -0.05) is 24.3 Å². The third kappa shape index (κ3) is 4.35. The Balaban J connectivity index is 2.71. The number of carbonyl (C=O) groups is 2. The Labute approximate surface area is 110 Å². The molecule has 0 aliphatic heterocycles. The number of nitrogens with two attached hydrogens (primary N) is 1. The summed E-state index contributed by atoms with van der Waals surface area (Å²) in [7, 11) is 0. The molecule has 2 unspecified atom stereocenters. The van der Waals surface area contributed by atoms with Crippen LogP contribution in [0.15, 0.2) is 24.3 Å². The van der Waals surface area contributed by atoms with Crippen molar-refractivity contribution in [3.63, 3.8) is 0 Å². The molecular formula is C13H17NO5. The van der Waals surface area contributed by atoms with Gasteiger partial charge in [0, 0.05) is 0 Å². The maximum atomic E-state index is 11.3. The lowest BCUT2D eigenvalue weighted by atomic mass is 10.0. The van der Waals surface area contributed by atoms with Crippen molar-refractivity contribution in [2.24, 2.45) is 5.73 Å². The number of ether oxygens (including phenoxy) is 1. The van der Waals surface area contributed by atoms with Gasteiger partial charge < -0.3 is 20.7 Å². The van der Waals surface area contributed by atoms with Crippen molar-refractivity contribution in [1.82, 2.24) is 0 Å². The Morgan fingerprint density at radius 2 is 1.84 bits per heavy atom. The number of carbonyl (C=O) groups excluding carboxylic acids is 2. The van der Waals surface area contributed by atoms with Crippen molar-refractivity contribution >= 4 is 11.9 Å². The molecule has 4 N–H and O–H groups in total. The Morgan fingerprint density at radius 1 is 1.26 bits per heavy atom. The van der Waals surface area contributed by atoms with E-state index in [0.717, 1.165) is 0 Å². The van der Waals surface area contributed by atoms with Crippen LogP contribution in [-0.4, -0.2) is 34.8 Å². The van der Waals surface area contributed by atoms with Gasteiger partial charge in [0.1, 0.15) is 6.10 Å². The smallest absolute Gasteiger partial charge is 0.310 e. The molecule has 1 amide bonds. The Morgan fingerprint density at radius 3 is 2.32 bits per heavy atom. The van der Waals surface area contributed by atoms with Crippen molar-refractivity contribution in [2.45, 2.75) is 25.6 Å². The van der Waals surface area contributed by atoms with Crippen LogP contribution in [0.5, 0.6) is 0 Å². The fraction of sp³-hybridized carbons (Fsp3) is 0.385. The van der Waals surface area contributed by atoms with Gasteiger partial charge in [-0.05, 0) is 18.1 Å². The van der Waals surface area contributed by atoms with Gasteiger partial charge in [-0.2, -0.15) is 0 Å². The first-order valence-corrected chi connectivity index (χ1v) is 5.85. The van der Waals surface area contributed by atoms with Gasteiger partial charge in [0.25, 0.3) is 0 Å². The minimum atomic E-state index is -1.66. The number of esters is 1. The molecule has 1 aromatic carbocycles. The number of aliphatic hydroxyl groups is 2. The van der Waals surface area contributed by atoms with E-state index in [2.05, 4.69) is 0 Å². The third-order valence-corrected chi connectivity index (χ3v) is 2.57. The monoisotopic (exact) mass is 267 g/mol. The largest absolute Gasteiger partial charge is 0.466 e. The summed E-state index contributed by atoms with van der Waals surface area (Å²) in [6.45, 7) is 2.04. The normalized spacial score (nSPS) is 13.6. The second-order valence-electron chi connectivity index (χ2n) is 4.02. The molecule has 0 bridgehead atoms. The quantitative estimate of drug-likeness (QED) is 0.611. The molecule has 1 rings (SSSR count). The van der Waals surface area contributed by atoms with E-state index < -0.39 is 18.1 Å². The van der Waals surface area contributed by atoms with Crippen LogP contribution >= 0.6 is 0 Å². The molecule has 104 valence electrons. The van der Waals surface area contributed by atoms with Gasteiger partial charge >= 0.3 is 5.97 Å². The summed E-state index contributed by atoms with van der Waals surface area (Å²) in [5.74, 6) is -1.34. The topological polar surface area (TPSA) is 110 Å². The summed E-state index contributed by atoms with van der Waals surface area (Å²) < 4.78 is 4.80. The maximum absolute atomic E-state index is 11.3. The number of hydrogen-bond acceptors (Lipinski definition) is 5. The van der Waals surface area contributed by atoms with E-state index in [9.17, 15) is 19.8 Å². The van der Waals surface area contributed by atoms with Crippen molar-refractivity contribution in [3.8, 4) is 0 Å². The van der Waals surface area contributed by atoms with Crippen molar-refractivity contribution in [1.29, 1.82) is 0 Å². The van der Waals surface area contributed by atoms with Crippen LogP contribution in [0.25, 0.3) is 0 Å². The zero-order chi connectivity index (χ0) is 14.4. The molecule has 0 heterocycles. The van der Waals surface area contributed by atoms with Crippen molar-refractivity contribution in [3.05, 3.63) is 35.4 Å². The molecule has 0 radical (unpaired) electrons. The van der Waals surface area contributed by atoms with Crippen LogP contribution in [0.2, 0.25) is 0 Å². The molecule has 1 aromatic rings. The Hall–Kier alpha value is -1.92. The Bertz CT molecular complexity index is 443. The highest BCUT2D eigenvalue weighted by Gasteiger charge is 2.23. The number of benzene rings is 1. The van der Waals surface area contributed by atoms with E-state index in [0.29, 0.717) is 17.7 Å². The number of hydrogen-bond donors (Lipinski definition) is 3. The van der Waals surface area contributed by atoms with Gasteiger partial charge in [-0.3, -0.25) is 9.59 Å². The molecule has 0 saturated heterocycles. The van der Waals surface area contributed by atoms with Crippen molar-refractivity contribution < 1.29 is 24.5 Å². The standard InChI is InChI=1S/C13H17NO5/c1-2-19-10(15)7-8-3-5-9(6-4-8)11(16)12(17)13(14)18/h3-6,11-12,16-17H,2,7H2,1H3,(H2,14,18). The lowest BCUT2D eigenvalue weighted by Crippen LogP contribution is -2.33. The fourth-order valence-electron chi connectivity index (χ4n) is 1.55. The molecule has 0 fully saturated rings. The number of amides is 1. The highest BCUT2D eigenvalue weighted by atomic mass is 16.5. The number of rotatable bonds is 6. The van der Waals surface area contributed by atoms with E-state index >= 15 is 0 Å². The lowest BCUT2D eigenvalue weighted by molar-refractivity contribution is -0.142. The van der Waals surface area contributed by atoms with E-state index in [1.54, 1.807) is 19.1 Å². The van der Waals surface area contributed by atoms with E-state index in [1.807, 2.05) is 0 Å². The molecule has 0 aliphatic carbocycles. The van der Waals surface area contributed by atoms with Crippen LogP contribution < -0.4 is 5.73 Å². The first-order chi connectivity index (χ1) is 8.95. The van der Waals surface area contributed by atoms with Crippen LogP contribution in [-0.2, 0) is 20.7 Å².